The smallest absolute Gasteiger partial charge is 0.0756 e. The van der Waals surface area contributed by atoms with Crippen LogP contribution in [0.4, 0.5) is 5.69 Å². The van der Waals surface area contributed by atoms with Crippen molar-refractivity contribution in [3.63, 3.8) is 0 Å². The van der Waals surface area contributed by atoms with Gasteiger partial charge >= 0.3 is 0 Å². The molecule has 2 atom stereocenters. The second kappa shape index (κ2) is 6.77. The fourth-order valence-corrected chi connectivity index (χ4v) is 3.57. The van der Waals surface area contributed by atoms with Crippen LogP contribution < -0.4 is 5.73 Å². The fraction of sp³-hybridized carbons (Fsp3) is 0.647. The SMILES string of the molecule is CN(Cc1ccc(N)cc1)C(C1CCCO1)C1CCCO1. The molecule has 2 fully saturated rings. The lowest BCUT2D eigenvalue weighted by Gasteiger charge is -2.36. The molecule has 2 N–H and O–H groups in total. The fourth-order valence-electron chi connectivity index (χ4n) is 3.57. The summed E-state index contributed by atoms with van der Waals surface area (Å²) in [6.07, 6.45) is 5.26. The molecular formula is C17H26N2O2. The number of nitrogens with two attached hydrogens (primary N) is 1. The van der Waals surface area contributed by atoms with E-state index in [0.29, 0.717) is 18.2 Å². The van der Waals surface area contributed by atoms with Crippen molar-refractivity contribution in [1.29, 1.82) is 0 Å². The van der Waals surface area contributed by atoms with E-state index in [9.17, 15) is 0 Å². The minimum Gasteiger partial charge on any atom is -0.399 e. The van der Waals surface area contributed by atoms with Crippen molar-refractivity contribution in [1.82, 2.24) is 4.90 Å². The Kier molecular flexibility index (Phi) is 4.78. The van der Waals surface area contributed by atoms with Gasteiger partial charge in [-0.15, -0.1) is 0 Å². The average Bonchev–Trinajstić information content (AvgIpc) is 3.15. The van der Waals surface area contributed by atoms with Crippen molar-refractivity contribution in [2.75, 3.05) is 26.0 Å². The molecular weight excluding hydrogens is 264 g/mol. The van der Waals surface area contributed by atoms with E-state index in [4.69, 9.17) is 15.2 Å². The normalized spacial score (nSPS) is 27.3. The van der Waals surface area contributed by atoms with E-state index in [2.05, 4.69) is 24.1 Å². The van der Waals surface area contributed by atoms with Gasteiger partial charge in [-0.1, -0.05) is 12.1 Å². The molecule has 0 saturated carbocycles. The topological polar surface area (TPSA) is 47.7 Å². The molecule has 2 aliphatic heterocycles. The number of hydrogen-bond donors (Lipinski definition) is 1. The van der Waals surface area contributed by atoms with Crippen LogP contribution in [-0.4, -0.2) is 43.4 Å². The number of anilines is 1. The molecule has 0 amide bonds. The van der Waals surface area contributed by atoms with Crippen LogP contribution in [0.15, 0.2) is 24.3 Å². The first kappa shape index (κ1) is 14.8. The zero-order valence-corrected chi connectivity index (χ0v) is 12.8. The second-order valence-electron chi connectivity index (χ2n) is 6.25. The van der Waals surface area contributed by atoms with Gasteiger partial charge in [0.15, 0.2) is 0 Å². The molecule has 3 rings (SSSR count). The van der Waals surface area contributed by atoms with Gasteiger partial charge in [0.25, 0.3) is 0 Å². The van der Waals surface area contributed by atoms with E-state index in [1.165, 1.54) is 18.4 Å². The molecule has 2 heterocycles. The van der Waals surface area contributed by atoms with Crippen molar-refractivity contribution in [2.45, 2.75) is 50.5 Å². The minimum absolute atomic E-state index is 0.312. The molecule has 21 heavy (non-hydrogen) atoms. The van der Waals surface area contributed by atoms with Gasteiger partial charge in [-0.2, -0.15) is 0 Å². The van der Waals surface area contributed by atoms with Gasteiger partial charge in [-0.05, 0) is 50.4 Å². The molecule has 4 nitrogen and oxygen atoms in total. The molecule has 1 aromatic carbocycles. The number of rotatable bonds is 5. The van der Waals surface area contributed by atoms with Crippen LogP contribution in [0.5, 0.6) is 0 Å². The standard InChI is InChI=1S/C17H26N2O2/c1-19(12-13-6-8-14(18)9-7-13)17(15-4-2-10-20-15)16-5-3-11-21-16/h6-9,15-17H,2-5,10-12,18H2,1H3. The first-order valence-electron chi connectivity index (χ1n) is 8.02. The molecule has 2 saturated heterocycles. The van der Waals surface area contributed by atoms with Gasteiger partial charge in [0, 0.05) is 25.4 Å². The van der Waals surface area contributed by atoms with Crippen LogP contribution >= 0.6 is 0 Å². The number of likely N-dealkylation sites (N-methyl/N-ethyl adjacent to an activating group) is 1. The summed E-state index contributed by atoms with van der Waals surface area (Å²) < 4.78 is 11.9. The number of nitrogen functional groups attached to an aromatic ring is 1. The number of benzene rings is 1. The predicted molar refractivity (Wildman–Crippen MR) is 84.1 cm³/mol. The Morgan fingerprint density at radius 1 is 1.10 bits per heavy atom. The summed E-state index contributed by atoms with van der Waals surface area (Å²) in [5.41, 5.74) is 7.86. The summed E-state index contributed by atoms with van der Waals surface area (Å²) in [5.74, 6) is 0. The molecule has 4 heteroatoms. The highest BCUT2D eigenvalue weighted by Crippen LogP contribution is 2.28. The van der Waals surface area contributed by atoms with E-state index in [0.717, 1.165) is 38.3 Å². The van der Waals surface area contributed by atoms with Crippen molar-refractivity contribution in [2.24, 2.45) is 0 Å². The molecule has 116 valence electrons. The summed E-state index contributed by atoms with van der Waals surface area (Å²) >= 11 is 0. The van der Waals surface area contributed by atoms with E-state index >= 15 is 0 Å². The van der Waals surface area contributed by atoms with Crippen LogP contribution in [0.25, 0.3) is 0 Å². The van der Waals surface area contributed by atoms with Crippen LogP contribution in [0.1, 0.15) is 31.2 Å². The zero-order chi connectivity index (χ0) is 14.7. The summed E-state index contributed by atoms with van der Waals surface area (Å²) in [5, 5.41) is 0. The van der Waals surface area contributed by atoms with E-state index in [1.807, 2.05) is 12.1 Å². The first-order valence-corrected chi connectivity index (χ1v) is 8.02. The molecule has 0 aromatic heterocycles. The third kappa shape index (κ3) is 3.57. The van der Waals surface area contributed by atoms with E-state index in [-0.39, 0.29) is 0 Å². The minimum atomic E-state index is 0.312. The number of ether oxygens (including phenoxy) is 2. The Morgan fingerprint density at radius 2 is 1.67 bits per heavy atom. The van der Waals surface area contributed by atoms with Crippen molar-refractivity contribution < 1.29 is 9.47 Å². The Bertz CT molecular complexity index is 421. The largest absolute Gasteiger partial charge is 0.399 e. The highest BCUT2D eigenvalue weighted by Gasteiger charge is 2.37. The first-order chi connectivity index (χ1) is 10.2. The average molecular weight is 290 g/mol. The Labute approximate surface area is 127 Å². The molecule has 0 spiro atoms. The van der Waals surface area contributed by atoms with Gasteiger partial charge in [-0.3, -0.25) is 4.90 Å². The molecule has 0 aliphatic carbocycles. The van der Waals surface area contributed by atoms with Crippen molar-refractivity contribution in [3.05, 3.63) is 29.8 Å². The highest BCUT2D eigenvalue weighted by atomic mass is 16.5. The number of nitrogens with zero attached hydrogens (tertiary/aromatic N) is 1. The highest BCUT2D eigenvalue weighted by molar-refractivity contribution is 5.39. The number of hydrogen-bond acceptors (Lipinski definition) is 4. The Balaban J connectivity index is 1.70. The second-order valence-corrected chi connectivity index (χ2v) is 6.25. The zero-order valence-electron chi connectivity index (χ0n) is 12.8. The van der Waals surface area contributed by atoms with Gasteiger partial charge in [-0.25, -0.2) is 0 Å². The molecule has 0 radical (unpaired) electrons. The van der Waals surface area contributed by atoms with Crippen LogP contribution in [0.3, 0.4) is 0 Å². The van der Waals surface area contributed by atoms with Crippen molar-refractivity contribution in [3.8, 4) is 0 Å². The van der Waals surface area contributed by atoms with Gasteiger partial charge in [0.1, 0.15) is 0 Å². The summed E-state index contributed by atoms with van der Waals surface area (Å²) in [6, 6.07) is 8.50. The maximum absolute atomic E-state index is 5.96. The van der Waals surface area contributed by atoms with E-state index in [1.54, 1.807) is 0 Å². The molecule has 0 bridgehead atoms. The summed E-state index contributed by atoms with van der Waals surface area (Å²) in [4.78, 5) is 2.40. The van der Waals surface area contributed by atoms with Crippen LogP contribution in [0, 0.1) is 0 Å². The summed E-state index contributed by atoms with van der Waals surface area (Å²) in [7, 11) is 2.18. The quantitative estimate of drug-likeness (QED) is 0.846. The van der Waals surface area contributed by atoms with Crippen LogP contribution in [0.2, 0.25) is 0 Å². The van der Waals surface area contributed by atoms with Crippen LogP contribution in [-0.2, 0) is 16.0 Å². The summed E-state index contributed by atoms with van der Waals surface area (Å²) in [6.45, 7) is 2.69. The Hall–Kier alpha value is -1.10. The van der Waals surface area contributed by atoms with Gasteiger partial charge in [0.2, 0.25) is 0 Å². The molecule has 2 aliphatic rings. The lowest BCUT2D eigenvalue weighted by molar-refractivity contribution is -0.0432. The maximum atomic E-state index is 5.96. The van der Waals surface area contributed by atoms with Crippen molar-refractivity contribution >= 4 is 5.69 Å². The van der Waals surface area contributed by atoms with Gasteiger partial charge in [0.05, 0.1) is 18.2 Å². The van der Waals surface area contributed by atoms with Gasteiger partial charge < -0.3 is 15.2 Å². The molecule has 2 unspecified atom stereocenters. The van der Waals surface area contributed by atoms with E-state index < -0.39 is 0 Å². The lowest BCUT2D eigenvalue weighted by Crippen LogP contribution is -2.48. The monoisotopic (exact) mass is 290 g/mol. The lowest BCUT2D eigenvalue weighted by atomic mass is 9.98. The maximum Gasteiger partial charge on any atom is 0.0756 e. The third-order valence-electron chi connectivity index (χ3n) is 4.61. The predicted octanol–water partition coefficient (Wildman–Crippen LogP) is 2.43. The molecule has 1 aromatic rings. The third-order valence-corrected chi connectivity index (χ3v) is 4.61. The Morgan fingerprint density at radius 3 is 2.14 bits per heavy atom.